The predicted octanol–water partition coefficient (Wildman–Crippen LogP) is 2.83. The van der Waals surface area contributed by atoms with Gasteiger partial charge in [0.1, 0.15) is 0 Å². The summed E-state index contributed by atoms with van der Waals surface area (Å²) in [6.07, 6.45) is 5.57. The van der Waals surface area contributed by atoms with Gasteiger partial charge in [0.25, 0.3) is 0 Å². The molecule has 2 atom stereocenters. The molecule has 1 heterocycles. The van der Waals surface area contributed by atoms with Gasteiger partial charge in [-0.3, -0.25) is 0 Å². The summed E-state index contributed by atoms with van der Waals surface area (Å²) in [6, 6.07) is 0. The van der Waals surface area contributed by atoms with Gasteiger partial charge in [-0.2, -0.15) is 0 Å². The van der Waals surface area contributed by atoms with E-state index < -0.39 is 0 Å². The van der Waals surface area contributed by atoms with E-state index in [1.54, 1.807) is 0 Å². The highest BCUT2D eigenvalue weighted by Crippen LogP contribution is 2.15. The summed E-state index contributed by atoms with van der Waals surface area (Å²) in [4.78, 5) is 0. The maximum absolute atomic E-state index is 5.83. The zero-order chi connectivity index (χ0) is 11.1. The number of nitrogens with one attached hydrogen (secondary N) is 1. The van der Waals surface area contributed by atoms with Crippen molar-refractivity contribution >= 4 is 0 Å². The van der Waals surface area contributed by atoms with Crippen LogP contribution in [0.2, 0.25) is 0 Å². The first-order valence-electron chi connectivity index (χ1n) is 6.50. The fourth-order valence-corrected chi connectivity index (χ4v) is 2.34. The second-order valence-electron chi connectivity index (χ2n) is 5.31. The third kappa shape index (κ3) is 6.16. The van der Waals surface area contributed by atoms with Crippen molar-refractivity contribution in [3.63, 3.8) is 0 Å². The van der Waals surface area contributed by atoms with Gasteiger partial charge >= 0.3 is 0 Å². The molecule has 0 aromatic carbocycles. The molecule has 90 valence electrons. The molecule has 0 saturated carbocycles. The van der Waals surface area contributed by atoms with Crippen molar-refractivity contribution in [2.45, 2.75) is 52.6 Å². The minimum Gasteiger partial charge on any atom is -0.378 e. The average molecular weight is 213 g/mol. The van der Waals surface area contributed by atoms with Crippen molar-refractivity contribution in [3.8, 4) is 0 Å². The Balaban J connectivity index is 1.99. The number of hydrogen-bond donors (Lipinski definition) is 1. The molecule has 0 radical (unpaired) electrons. The van der Waals surface area contributed by atoms with Gasteiger partial charge < -0.3 is 10.1 Å². The Labute approximate surface area is 94.8 Å². The van der Waals surface area contributed by atoms with Gasteiger partial charge in [0.05, 0.1) is 6.10 Å². The first-order valence-corrected chi connectivity index (χ1v) is 6.50. The summed E-state index contributed by atoms with van der Waals surface area (Å²) < 4.78 is 5.83. The molecular formula is C13H27NO. The first-order chi connectivity index (χ1) is 7.18. The standard InChI is InChI=1S/C13H27NO/c1-11(2)9-12(3)15-8-6-13-5-4-7-14-10-13/h11-14H,4-10H2,1-3H3. The molecule has 1 N–H and O–H groups in total. The Morgan fingerprint density at radius 2 is 2.13 bits per heavy atom. The van der Waals surface area contributed by atoms with E-state index in [1.165, 1.54) is 38.8 Å². The van der Waals surface area contributed by atoms with Crippen LogP contribution in [0.5, 0.6) is 0 Å². The topological polar surface area (TPSA) is 21.3 Å². The zero-order valence-corrected chi connectivity index (χ0v) is 10.6. The molecule has 2 nitrogen and oxygen atoms in total. The van der Waals surface area contributed by atoms with Crippen LogP contribution in [0.25, 0.3) is 0 Å². The van der Waals surface area contributed by atoms with Gasteiger partial charge in [0.15, 0.2) is 0 Å². The van der Waals surface area contributed by atoms with Crippen molar-refractivity contribution in [2.24, 2.45) is 11.8 Å². The Bertz CT molecular complexity index is 153. The maximum Gasteiger partial charge on any atom is 0.0549 e. The van der Waals surface area contributed by atoms with Gasteiger partial charge in [0, 0.05) is 6.61 Å². The molecule has 0 bridgehead atoms. The predicted molar refractivity (Wildman–Crippen MR) is 65.1 cm³/mol. The Morgan fingerprint density at radius 1 is 1.33 bits per heavy atom. The number of rotatable bonds is 6. The van der Waals surface area contributed by atoms with Crippen LogP contribution in [0, 0.1) is 11.8 Å². The highest BCUT2D eigenvalue weighted by molar-refractivity contribution is 4.68. The first kappa shape index (κ1) is 13.0. The van der Waals surface area contributed by atoms with Crippen LogP contribution in [0.15, 0.2) is 0 Å². The van der Waals surface area contributed by atoms with E-state index in [4.69, 9.17) is 4.74 Å². The number of piperidine rings is 1. The fourth-order valence-electron chi connectivity index (χ4n) is 2.34. The normalized spacial score (nSPS) is 24.4. The average Bonchev–Trinajstić information content (AvgIpc) is 2.18. The molecule has 1 saturated heterocycles. The third-order valence-electron chi connectivity index (χ3n) is 3.13. The highest BCUT2D eigenvalue weighted by atomic mass is 16.5. The van der Waals surface area contributed by atoms with Crippen molar-refractivity contribution in [2.75, 3.05) is 19.7 Å². The molecule has 0 aromatic rings. The smallest absolute Gasteiger partial charge is 0.0549 e. The maximum atomic E-state index is 5.83. The SMILES string of the molecule is CC(C)CC(C)OCCC1CCCNC1. The lowest BCUT2D eigenvalue weighted by molar-refractivity contribution is 0.0417. The molecule has 1 fully saturated rings. The summed E-state index contributed by atoms with van der Waals surface area (Å²) in [7, 11) is 0. The summed E-state index contributed by atoms with van der Waals surface area (Å²) in [5.74, 6) is 1.60. The molecule has 0 aromatic heterocycles. The number of ether oxygens (including phenoxy) is 1. The fraction of sp³-hybridized carbons (Fsp3) is 1.00. The minimum atomic E-state index is 0.432. The van der Waals surface area contributed by atoms with Crippen LogP contribution in [-0.2, 0) is 4.74 Å². The lowest BCUT2D eigenvalue weighted by Crippen LogP contribution is -2.30. The molecule has 0 amide bonds. The summed E-state index contributed by atoms with van der Waals surface area (Å²) >= 11 is 0. The van der Waals surface area contributed by atoms with E-state index >= 15 is 0 Å². The van der Waals surface area contributed by atoms with Crippen molar-refractivity contribution in [3.05, 3.63) is 0 Å². The number of hydrogen-bond acceptors (Lipinski definition) is 2. The van der Waals surface area contributed by atoms with Gasteiger partial charge in [-0.1, -0.05) is 13.8 Å². The highest BCUT2D eigenvalue weighted by Gasteiger charge is 2.13. The summed E-state index contributed by atoms with van der Waals surface area (Å²) in [6.45, 7) is 10.1. The monoisotopic (exact) mass is 213 g/mol. The molecule has 0 spiro atoms. The van der Waals surface area contributed by atoms with E-state index in [0.29, 0.717) is 6.10 Å². The molecule has 15 heavy (non-hydrogen) atoms. The van der Waals surface area contributed by atoms with E-state index in [0.717, 1.165) is 18.4 Å². The van der Waals surface area contributed by atoms with Crippen molar-refractivity contribution in [1.82, 2.24) is 5.32 Å². The van der Waals surface area contributed by atoms with E-state index in [2.05, 4.69) is 26.1 Å². The molecule has 1 aliphatic heterocycles. The van der Waals surface area contributed by atoms with Crippen LogP contribution in [-0.4, -0.2) is 25.8 Å². The largest absolute Gasteiger partial charge is 0.378 e. The quantitative estimate of drug-likeness (QED) is 0.732. The second-order valence-corrected chi connectivity index (χ2v) is 5.31. The Kier molecular flexibility index (Phi) is 6.26. The Hall–Kier alpha value is -0.0800. The van der Waals surface area contributed by atoms with Crippen LogP contribution in [0.1, 0.15) is 46.5 Å². The second kappa shape index (κ2) is 7.24. The molecule has 1 rings (SSSR count). The van der Waals surface area contributed by atoms with Crippen LogP contribution >= 0.6 is 0 Å². The zero-order valence-electron chi connectivity index (χ0n) is 10.6. The summed E-state index contributed by atoms with van der Waals surface area (Å²) in [5.41, 5.74) is 0. The van der Waals surface area contributed by atoms with E-state index in [-0.39, 0.29) is 0 Å². The molecule has 1 aliphatic rings. The van der Waals surface area contributed by atoms with E-state index in [1.807, 2.05) is 0 Å². The van der Waals surface area contributed by atoms with Crippen molar-refractivity contribution < 1.29 is 4.74 Å². The lowest BCUT2D eigenvalue weighted by atomic mass is 9.97. The Morgan fingerprint density at radius 3 is 2.73 bits per heavy atom. The lowest BCUT2D eigenvalue weighted by Gasteiger charge is -2.23. The van der Waals surface area contributed by atoms with Gasteiger partial charge in [-0.15, -0.1) is 0 Å². The van der Waals surface area contributed by atoms with Gasteiger partial charge in [0.2, 0.25) is 0 Å². The van der Waals surface area contributed by atoms with Crippen LogP contribution < -0.4 is 5.32 Å². The summed E-state index contributed by atoms with van der Waals surface area (Å²) in [5, 5.41) is 3.45. The van der Waals surface area contributed by atoms with E-state index in [9.17, 15) is 0 Å². The van der Waals surface area contributed by atoms with Gasteiger partial charge in [-0.05, 0) is 57.5 Å². The minimum absolute atomic E-state index is 0.432. The van der Waals surface area contributed by atoms with Crippen molar-refractivity contribution in [1.29, 1.82) is 0 Å². The van der Waals surface area contributed by atoms with Gasteiger partial charge in [-0.25, -0.2) is 0 Å². The molecule has 2 unspecified atom stereocenters. The molecule has 2 heteroatoms. The molecule has 0 aliphatic carbocycles. The molecular weight excluding hydrogens is 186 g/mol. The third-order valence-corrected chi connectivity index (χ3v) is 3.13. The van der Waals surface area contributed by atoms with Crippen LogP contribution in [0.3, 0.4) is 0 Å². The van der Waals surface area contributed by atoms with Crippen LogP contribution in [0.4, 0.5) is 0 Å².